The summed E-state index contributed by atoms with van der Waals surface area (Å²) in [4.78, 5) is 15.5. The van der Waals surface area contributed by atoms with Gasteiger partial charge in [-0.3, -0.25) is 9.78 Å². The van der Waals surface area contributed by atoms with Crippen molar-refractivity contribution >= 4 is 12.1 Å². The van der Waals surface area contributed by atoms with Crippen LogP contribution in [0.1, 0.15) is 21.5 Å². The zero-order chi connectivity index (χ0) is 13.5. The molecule has 5 heteroatoms. The number of rotatable bonds is 3. The number of hydrazone groups is 1. The van der Waals surface area contributed by atoms with Crippen molar-refractivity contribution in [2.75, 3.05) is 0 Å². The van der Waals surface area contributed by atoms with Crippen LogP contribution in [0.2, 0.25) is 0 Å². The predicted octanol–water partition coefficient (Wildman–Crippen LogP) is 1.72. The SMILES string of the molecule is N#Cc1ccc(/C=N/NC(=O)c2cccnc2)cc1. The van der Waals surface area contributed by atoms with E-state index in [-0.39, 0.29) is 5.91 Å². The van der Waals surface area contributed by atoms with Crippen molar-refractivity contribution in [3.05, 3.63) is 65.5 Å². The Balaban J connectivity index is 1.96. The molecule has 5 nitrogen and oxygen atoms in total. The molecule has 0 atom stereocenters. The number of nitrogens with zero attached hydrogens (tertiary/aromatic N) is 3. The van der Waals surface area contributed by atoms with E-state index in [2.05, 4.69) is 15.5 Å². The fraction of sp³-hybridized carbons (Fsp3) is 0. The number of hydrogen-bond donors (Lipinski definition) is 1. The molecule has 1 N–H and O–H groups in total. The highest BCUT2D eigenvalue weighted by Crippen LogP contribution is 2.00. The lowest BCUT2D eigenvalue weighted by Gasteiger charge is -1.98. The zero-order valence-electron chi connectivity index (χ0n) is 9.95. The number of amides is 1. The van der Waals surface area contributed by atoms with Crippen molar-refractivity contribution in [1.82, 2.24) is 10.4 Å². The van der Waals surface area contributed by atoms with Crippen LogP contribution in [0.5, 0.6) is 0 Å². The Hall–Kier alpha value is -3.00. The Kier molecular flexibility index (Phi) is 3.98. The van der Waals surface area contributed by atoms with Crippen LogP contribution >= 0.6 is 0 Å². The summed E-state index contributed by atoms with van der Waals surface area (Å²) in [5.74, 6) is -0.321. The van der Waals surface area contributed by atoms with Gasteiger partial charge in [0, 0.05) is 12.4 Å². The van der Waals surface area contributed by atoms with E-state index >= 15 is 0 Å². The Labute approximate surface area is 110 Å². The molecule has 0 aliphatic rings. The normalized spacial score (nSPS) is 10.1. The molecular weight excluding hydrogens is 240 g/mol. The number of carbonyl (C=O) groups is 1. The van der Waals surface area contributed by atoms with Crippen molar-refractivity contribution < 1.29 is 4.79 Å². The van der Waals surface area contributed by atoms with E-state index in [1.807, 2.05) is 6.07 Å². The number of pyridine rings is 1. The highest BCUT2D eigenvalue weighted by atomic mass is 16.2. The molecule has 2 aromatic rings. The number of hydrogen-bond acceptors (Lipinski definition) is 4. The molecule has 1 amide bonds. The quantitative estimate of drug-likeness (QED) is 0.665. The first-order valence-corrected chi connectivity index (χ1v) is 5.53. The molecule has 0 saturated carbocycles. The van der Waals surface area contributed by atoms with Crippen LogP contribution in [-0.4, -0.2) is 17.1 Å². The fourth-order valence-electron chi connectivity index (χ4n) is 1.37. The summed E-state index contributed by atoms with van der Waals surface area (Å²) >= 11 is 0. The third-order valence-electron chi connectivity index (χ3n) is 2.34. The molecule has 0 unspecified atom stereocenters. The molecule has 0 spiro atoms. The Morgan fingerprint density at radius 2 is 2.11 bits per heavy atom. The highest BCUT2D eigenvalue weighted by molar-refractivity contribution is 5.94. The van der Waals surface area contributed by atoms with Gasteiger partial charge in [0.2, 0.25) is 0 Å². The lowest BCUT2D eigenvalue weighted by Crippen LogP contribution is -2.17. The average molecular weight is 250 g/mol. The summed E-state index contributed by atoms with van der Waals surface area (Å²) in [7, 11) is 0. The van der Waals surface area contributed by atoms with Crippen molar-refractivity contribution in [2.45, 2.75) is 0 Å². The van der Waals surface area contributed by atoms with Gasteiger partial charge in [0.25, 0.3) is 5.91 Å². The number of aromatic nitrogens is 1. The van der Waals surface area contributed by atoms with Crippen molar-refractivity contribution in [3.8, 4) is 6.07 Å². The summed E-state index contributed by atoms with van der Waals surface area (Å²) in [6, 6.07) is 12.2. The van der Waals surface area contributed by atoms with Crippen LogP contribution in [0, 0.1) is 11.3 Å². The van der Waals surface area contributed by atoms with E-state index in [4.69, 9.17) is 5.26 Å². The van der Waals surface area contributed by atoms with Gasteiger partial charge in [-0.1, -0.05) is 12.1 Å². The van der Waals surface area contributed by atoms with E-state index < -0.39 is 0 Å². The second kappa shape index (κ2) is 6.07. The molecule has 0 fully saturated rings. The second-order valence-corrected chi connectivity index (χ2v) is 3.67. The van der Waals surface area contributed by atoms with Gasteiger partial charge in [-0.15, -0.1) is 0 Å². The number of nitriles is 1. The lowest BCUT2D eigenvalue weighted by atomic mass is 10.2. The molecule has 92 valence electrons. The highest BCUT2D eigenvalue weighted by Gasteiger charge is 2.02. The topological polar surface area (TPSA) is 78.1 Å². The Morgan fingerprint density at radius 3 is 2.74 bits per heavy atom. The molecule has 0 aliphatic heterocycles. The van der Waals surface area contributed by atoms with E-state index in [9.17, 15) is 4.79 Å². The van der Waals surface area contributed by atoms with Crippen LogP contribution in [0.25, 0.3) is 0 Å². The third kappa shape index (κ3) is 3.48. The van der Waals surface area contributed by atoms with Gasteiger partial charge in [0.05, 0.1) is 23.4 Å². The zero-order valence-corrected chi connectivity index (χ0v) is 9.95. The summed E-state index contributed by atoms with van der Waals surface area (Å²) in [5, 5.41) is 12.5. The van der Waals surface area contributed by atoms with E-state index in [1.54, 1.807) is 42.6 Å². The van der Waals surface area contributed by atoms with Crippen molar-refractivity contribution in [2.24, 2.45) is 5.10 Å². The summed E-state index contributed by atoms with van der Waals surface area (Å²) < 4.78 is 0. The van der Waals surface area contributed by atoms with Gasteiger partial charge in [0.15, 0.2) is 0 Å². The van der Waals surface area contributed by atoms with Gasteiger partial charge in [-0.25, -0.2) is 5.43 Å². The second-order valence-electron chi connectivity index (χ2n) is 3.67. The minimum atomic E-state index is -0.321. The number of carbonyl (C=O) groups excluding carboxylic acids is 1. The van der Waals surface area contributed by atoms with Crippen LogP contribution in [0.3, 0.4) is 0 Å². The predicted molar refractivity (Wildman–Crippen MR) is 70.5 cm³/mol. The van der Waals surface area contributed by atoms with Crippen LogP contribution in [0.4, 0.5) is 0 Å². The monoisotopic (exact) mass is 250 g/mol. The standard InChI is InChI=1S/C14H10N4O/c15-8-11-3-5-12(6-4-11)9-17-18-14(19)13-2-1-7-16-10-13/h1-7,9-10H,(H,18,19)/b17-9+. The van der Waals surface area contributed by atoms with Gasteiger partial charge in [-0.2, -0.15) is 10.4 Å². The first kappa shape index (κ1) is 12.5. The maximum Gasteiger partial charge on any atom is 0.272 e. The molecule has 0 bridgehead atoms. The molecule has 0 saturated heterocycles. The van der Waals surface area contributed by atoms with E-state index in [0.717, 1.165) is 5.56 Å². The third-order valence-corrected chi connectivity index (χ3v) is 2.34. The number of nitrogens with one attached hydrogen (secondary N) is 1. The van der Waals surface area contributed by atoms with Crippen molar-refractivity contribution in [1.29, 1.82) is 5.26 Å². The fourth-order valence-corrected chi connectivity index (χ4v) is 1.37. The minimum Gasteiger partial charge on any atom is -0.267 e. The lowest BCUT2D eigenvalue weighted by molar-refractivity contribution is 0.0955. The molecular formula is C14H10N4O. The maximum atomic E-state index is 11.6. The van der Waals surface area contributed by atoms with E-state index in [0.29, 0.717) is 11.1 Å². The van der Waals surface area contributed by atoms with Gasteiger partial charge in [-0.05, 0) is 29.8 Å². The molecule has 19 heavy (non-hydrogen) atoms. The smallest absolute Gasteiger partial charge is 0.267 e. The molecule has 0 radical (unpaired) electrons. The molecule has 2 rings (SSSR count). The van der Waals surface area contributed by atoms with Crippen LogP contribution in [-0.2, 0) is 0 Å². The van der Waals surface area contributed by atoms with Gasteiger partial charge >= 0.3 is 0 Å². The largest absolute Gasteiger partial charge is 0.272 e. The molecule has 0 aliphatic carbocycles. The molecule has 1 aromatic carbocycles. The van der Waals surface area contributed by atoms with Crippen LogP contribution < -0.4 is 5.43 Å². The Bertz CT molecular complexity index is 627. The van der Waals surface area contributed by atoms with Crippen LogP contribution in [0.15, 0.2) is 53.9 Å². The Morgan fingerprint density at radius 1 is 1.32 bits per heavy atom. The molecule has 1 heterocycles. The number of benzene rings is 1. The maximum absolute atomic E-state index is 11.6. The summed E-state index contributed by atoms with van der Waals surface area (Å²) in [6.07, 6.45) is 4.57. The first-order valence-electron chi connectivity index (χ1n) is 5.53. The van der Waals surface area contributed by atoms with Gasteiger partial charge in [0.1, 0.15) is 0 Å². The average Bonchev–Trinajstić information content (AvgIpc) is 2.49. The summed E-state index contributed by atoms with van der Waals surface area (Å²) in [5.41, 5.74) is 4.22. The minimum absolute atomic E-state index is 0.321. The van der Waals surface area contributed by atoms with E-state index in [1.165, 1.54) is 12.4 Å². The summed E-state index contributed by atoms with van der Waals surface area (Å²) in [6.45, 7) is 0. The van der Waals surface area contributed by atoms with Gasteiger partial charge < -0.3 is 0 Å². The van der Waals surface area contributed by atoms with Crippen molar-refractivity contribution in [3.63, 3.8) is 0 Å². The first-order chi connectivity index (χ1) is 9.29. The molecule has 1 aromatic heterocycles.